The molecule has 31 heavy (non-hydrogen) atoms. The van der Waals surface area contributed by atoms with Crippen LogP contribution >= 0.6 is 0 Å². The number of nitrogens with zero attached hydrogens (tertiary/aromatic N) is 3. The average Bonchev–Trinajstić information content (AvgIpc) is 2.67. The van der Waals surface area contributed by atoms with Gasteiger partial charge >= 0.3 is 0 Å². The lowest BCUT2D eigenvalue weighted by Crippen LogP contribution is -2.57. The number of nitrogens with one attached hydrogen (secondary N) is 2. The van der Waals surface area contributed by atoms with Crippen LogP contribution in [0.5, 0.6) is 5.75 Å². The monoisotopic (exact) mass is 437 g/mol. The molecule has 8 nitrogen and oxygen atoms in total. The number of halogens is 3. The van der Waals surface area contributed by atoms with Crippen LogP contribution in [0.2, 0.25) is 0 Å². The van der Waals surface area contributed by atoms with E-state index in [2.05, 4.69) is 20.6 Å². The Morgan fingerprint density at radius 3 is 2.58 bits per heavy atom. The SMILES string of the molecule is Cc1nc(NC[C@H]2C[C@H](Oc3cc(F)c(F)c(F)c3)C2)nc2c1NC(=O)[C@](C)(O)N2C. The van der Waals surface area contributed by atoms with Gasteiger partial charge in [0.1, 0.15) is 11.4 Å². The summed E-state index contributed by atoms with van der Waals surface area (Å²) in [5.41, 5.74) is -0.734. The lowest BCUT2D eigenvalue weighted by atomic mass is 9.82. The number of benzene rings is 1. The van der Waals surface area contributed by atoms with Gasteiger partial charge in [-0.05, 0) is 32.6 Å². The molecule has 1 aliphatic carbocycles. The van der Waals surface area contributed by atoms with Crippen molar-refractivity contribution >= 4 is 23.4 Å². The van der Waals surface area contributed by atoms with Crippen LogP contribution < -0.4 is 20.3 Å². The zero-order valence-corrected chi connectivity index (χ0v) is 17.2. The molecule has 2 heterocycles. The molecule has 0 bridgehead atoms. The highest BCUT2D eigenvalue weighted by Crippen LogP contribution is 2.36. The molecule has 3 N–H and O–H groups in total. The van der Waals surface area contributed by atoms with E-state index in [1.54, 1.807) is 14.0 Å². The maximum absolute atomic E-state index is 13.3. The van der Waals surface area contributed by atoms with E-state index in [-0.39, 0.29) is 17.8 Å². The van der Waals surface area contributed by atoms with Gasteiger partial charge in [-0.15, -0.1) is 0 Å². The second kappa shape index (κ2) is 7.56. The molecular formula is C20H22F3N5O3. The molecule has 1 fully saturated rings. The van der Waals surface area contributed by atoms with Crippen molar-refractivity contribution in [2.24, 2.45) is 5.92 Å². The molecule has 4 rings (SSSR count). The summed E-state index contributed by atoms with van der Waals surface area (Å²) in [6.07, 6.45) is 1.06. The number of likely N-dealkylation sites (N-methyl/N-ethyl adjacent to an activating group) is 1. The normalized spacial score (nSPS) is 24.9. The summed E-state index contributed by atoms with van der Waals surface area (Å²) in [6.45, 7) is 3.65. The third-order valence-electron chi connectivity index (χ3n) is 5.71. The van der Waals surface area contributed by atoms with Gasteiger partial charge in [0.25, 0.3) is 5.91 Å². The van der Waals surface area contributed by atoms with E-state index in [1.165, 1.54) is 11.8 Å². The van der Waals surface area contributed by atoms with Crippen molar-refractivity contribution in [1.29, 1.82) is 0 Å². The number of ether oxygens (including phenoxy) is 1. The van der Waals surface area contributed by atoms with Gasteiger partial charge in [0, 0.05) is 25.7 Å². The number of hydrogen-bond acceptors (Lipinski definition) is 7. The first-order chi connectivity index (χ1) is 14.6. The second-order valence-electron chi connectivity index (χ2n) is 8.02. The number of aliphatic hydroxyl groups is 1. The largest absolute Gasteiger partial charge is 0.490 e. The minimum Gasteiger partial charge on any atom is -0.490 e. The molecule has 11 heteroatoms. The van der Waals surface area contributed by atoms with E-state index >= 15 is 0 Å². The Labute approximate surface area is 176 Å². The van der Waals surface area contributed by atoms with E-state index in [0.29, 0.717) is 42.5 Å². The van der Waals surface area contributed by atoms with Crippen LogP contribution in [0.3, 0.4) is 0 Å². The van der Waals surface area contributed by atoms with Crippen molar-refractivity contribution in [2.75, 3.05) is 29.1 Å². The van der Waals surface area contributed by atoms with Crippen molar-refractivity contribution in [3.8, 4) is 5.75 Å². The minimum atomic E-state index is -1.73. The van der Waals surface area contributed by atoms with Crippen molar-refractivity contribution in [1.82, 2.24) is 9.97 Å². The maximum atomic E-state index is 13.3. The fraction of sp³-hybridized carbons (Fsp3) is 0.450. The fourth-order valence-corrected chi connectivity index (χ4v) is 3.58. The molecule has 0 unspecified atom stereocenters. The fourth-order valence-electron chi connectivity index (χ4n) is 3.58. The molecule has 1 atom stereocenters. The van der Waals surface area contributed by atoms with Gasteiger partial charge in [0.2, 0.25) is 11.7 Å². The van der Waals surface area contributed by atoms with Crippen LogP contribution in [-0.2, 0) is 4.79 Å². The van der Waals surface area contributed by atoms with Gasteiger partial charge in [-0.2, -0.15) is 4.98 Å². The molecule has 2 aromatic rings. The number of hydrogen-bond donors (Lipinski definition) is 3. The summed E-state index contributed by atoms with van der Waals surface area (Å²) in [6, 6.07) is 1.66. The number of fused-ring (bicyclic) bond motifs is 1. The zero-order valence-electron chi connectivity index (χ0n) is 17.2. The highest BCUT2D eigenvalue weighted by Gasteiger charge is 2.42. The van der Waals surface area contributed by atoms with Crippen LogP contribution in [0.1, 0.15) is 25.5 Å². The third-order valence-corrected chi connectivity index (χ3v) is 5.71. The van der Waals surface area contributed by atoms with Crippen molar-refractivity contribution in [2.45, 2.75) is 38.5 Å². The van der Waals surface area contributed by atoms with E-state index in [9.17, 15) is 23.1 Å². The van der Waals surface area contributed by atoms with Gasteiger partial charge in [0.15, 0.2) is 23.3 Å². The zero-order chi connectivity index (χ0) is 22.5. The highest BCUT2D eigenvalue weighted by atomic mass is 19.2. The lowest BCUT2D eigenvalue weighted by Gasteiger charge is -2.39. The van der Waals surface area contributed by atoms with Gasteiger partial charge in [-0.3, -0.25) is 4.79 Å². The number of carbonyl (C=O) groups is 1. The van der Waals surface area contributed by atoms with Gasteiger partial charge in [0.05, 0.1) is 11.8 Å². The summed E-state index contributed by atoms with van der Waals surface area (Å²) in [7, 11) is 1.57. The van der Waals surface area contributed by atoms with Crippen molar-refractivity contribution in [3.63, 3.8) is 0 Å². The first-order valence-corrected chi connectivity index (χ1v) is 9.77. The van der Waals surface area contributed by atoms with E-state index < -0.39 is 29.1 Å². The predicted octanol–water partition coefficient (Wildman–Crippen LogP) is 2.57. The summed E-state index contributed by atoms with van der Waals surface area (Å²) >= 11 is 0. The summed E-state index contributed by atoms with van der Waals surface area (Å²) < 4.78 is 45.1. The number of amides is 1. The first-order valence-electron chi connectivity index (χ1n) is 9.77. The molecule has 1 amide bonds. The third kappa shape index (κ3) is 3.85. The molecule has 1 saturated carbocycles. The maximum Gasteiger partial charge on any atom is 0.277 e. The second-order valence-corrected chi connectivity index (χ2v) is 8.02. The Balaban J connectivity index is 1.35. The predicted molar refractivity (Wildman–Crippen MR) is 106 cm³/mol. The van der Waals surface area contributed by atoms with Crippen LogP contribution in [0, 0.1) is 30.3 Å². The van der Waals surface area contributed by atoms with E-state index in [4.69, 9.17) is 4.74 Å². The topological polar surface area (TPSA) is 99.6 Å². The Bertz CT molecular complexity index is 1020. The van der Waals surface area contributed by atoms with E-state index in [0.717, 1.165) is 12.1 Å². The molecule has 1 aromatic heterocycles. The van der Waals surface area contributed by atoms with Gasteiger partial charge < -0.3 is 25.4 Å². The van der Waals surface area contributed by atoms with Gasteiger partial charge in [-0.1, -0.05) is 0 Å². The van der Waals surface area contributed by atoms with Crippen molar-refractivity contribution < 1.29 is 27.8 Å². The molecule has 1 aliphatic heterocycles. The summed E-state index contributed by atoms with van der Waals surface area (Å²) in [5, 5.41) is 16.1. The lowest BCUT2D eigenvalue weighted by molar-refractivity contribution is -0.132. The van der Waals surface area contributed by atoms with Crippen LogP contribution in [-0.4, -0.2) is 46.4 Å². The van der Waals surface area contributed by atoms with Crippen LogP contribution in [0.4, 0.5) is 30.6 Å². The van der Waals surface area contributed by atoms with E-state index in [1.807, 2.05) is 0 Å². The number of anilines is 3. The molecular weight excluding hydrogens is 415 g/mol. The molecule has 0 spiro atoms. The van der Waals surface area contributed by atoms with Crippen molar-refractivity contribution in [3.05, 3.63) is 35.3 Å². The van der Waals surface area contributed by atoms with Gasteiger partial charge in [-0.25, -0.2) is 18.2 Å². The summed E-state index contributed by atoms with van der Waals surface area (Å²) in [5.74, 6) is -3.72. The smallest absolute Gasteiger partial charge is 0.277 e. The molecule has 0 radical (unpaired) electrons. The first kappa shape index (κ1) is 21.2. The van der Waals surface area contributed by atoms with Crippen LogP contribution in [0.25, 0.3) is 0 Å². The molecule has 1 aromatic carbocycles. The Morgan fingerprint density at radius 1 is 1.29 bits per heavy atom. The summed E-state index contributed by atoms with van der Waals surface area (Å²) in [4.78, 5) is 22.2. The number of aryl methyl sites for hydroxylation is 1. The molecule has 2 aliphatic rings. The number of carbonyl (C=O) groups excluding carboxylic acids is 1. The Hall–Kier alpha value is -3.08. The minimum absolute atomic E-state index is 0.0430. The average molecular weight is 437 g/mol. The van der Waals surface area contributed by atoms with Crippen LogP contribution in [0.15, 0.2) is 12.1 Å². The molecule has 0 saturated heterocycles. The number of rotatable bonds is 5. The Morgan fingerprint density at radius 2 is 1.94 bits per heavy atom. The standard InChI is InChI=1S/C20H22F3N5O3/c1-9-16-17(28(3)20(2,30)18(29)26-16)27-19(25-9)24-8-10-4-11(5-10)31-12-6-13(21)15(23)14(22)7-12/h6-7,10-11,30H,4-5,8H2,1-3H3,(H,26,29)(H,24,25,27)/t10-,11-,20-/m0/s1. The quantitative estimate of drug-likeness (QED) is 0.619. The number of aromatic nitrogens is 2. The Kier molecular flexibility index (Phi) is 5.16. The highest BCUT2D eigenvalue weighted by molar-refractivity contribution is 6.04. The molecule has 166 valence electrons.